The zero-order valence-corrected chi connectivity index (χ0v) is 15.2. The van der Waals surface area contributed by atoms with E-state index in [1.54, 1.807) is 25.7 Å². The van der Waals surface area contributed by atoms with Crippen molar-refractivity contribution in [3.05, 3.63) is 34.6 Å². The van der Waals surface area contributed by atoms with Crippen LogP contribution in [0.5, 0.6) is 0 Å². The number of halogens is 7. The molecule has 1 fully saturated rings. The second kappa shape index (κ2) is 8.65. The average Bonchev–Trinajstić information content (AvgIpc) is 2.47. The monoisotopic (exact) mass is 394 g/mol. The molecule has 0 aliphatic carbocycles. The molecule has 0 aromatic heterocycles. The summed E-state index contributed by atoms with van der Waals surface area (Å²) < 4.78 is 68.7. The molecule has 1 N–H and O–H groups in total. The standard InChI is InChI=1S/C15H19F5N2.2ClH/c1-15(2,3)14(22-6-4-21-5-7-22)8-9(16)11(18)13(20)12(19)10(8)17;;/h14,21H,4-7H2,1-3H3;2*1H/t14-;;/m0../s1. The fourth-order valence-electron chi connectivity index (χ4n) is 2.97. The van der Waals surface area contributed by atoms with Crippen LogP contribution in [0.3, 0.4) is 0 Å². The maximum atomic E-state index is 14.2. The van der Waals surface area contributed by atoms with Gasteiger partial charge in [-0.1, -0.05) is 20.8 Å². The lowest BCUT2D eigenvalue weighted by Gasteiger charge is -2.42. The summed E-state index contributed by atoms with van der Waals surface area (Å²) in [5, 5.41) is 3.10. The number of benzene rings is 1. The first-order chi connectivity index (χ1) is 10.2. The molecule has 24 heavy (non-hydrogen) atoms. The van der Waals surface area contributed by atoms with Gasteiger partial charge < -0.3 is 5.32 Å². The Kier molecular flexibility index (Phi) is 8.42. The van der Waals surface area contributed by atoms with Gasteiger partial charge in [0.1, 0.15) is 0 Å². The third kappa shape index (κ3) is 4.31. The van der Waals surface area contributed by atoms with E-state index >= 15 is 0 Å². The Hall–Kier alpha value is -0.630. The summed E-state index contributed by atoms with van der Waals surface area (Å²) in [4.78, 5) is 1.76. The topological polar surface area (TPSA) is 15.3 Å². The summed E-state index contributed by atoms with van der Waals surface area (Å²) in [5.41, 5.74) is -1.44. The lowest BCUT2D eigenvalue weighted by molar-refractivity contribution is 0.0786. The number of hydrogen-bond donors (Lipinski definition) is 1. The first-order valence-electron chi connectivity index (χ1n) is 7.12. The van der Waals surface area contributed by atoms with Gasteiger partial charge in [-0.05, 0) is 5.41 Å². The van der Waals surface area contributed by atoms with Crippen molar-refractivity contribution in [1.29, 1.82) is 0 Å². The van der Waals surface area contributed by atoms with Gasteiger partial charge in [0, 0.05) is 37.8 Å². The molecular weight excluding hydrogens is 374 g/mol. The van der Waals surface area contributed by atoms with Crippen LogP contribution >= 0.6 is 24.8 Å². The van der Waals surface area contributed by atoms with Gasteiger partial charge in [0.15, 0.2) is 23.3 Å². The quantitative estimate of drug-likeness (QED) is 0.459. The molecule has 2 nitrogen and oxygen atoms in total. The highest BCUT2D eigenvalue weighted by Gasteiger charge is 2.39. The SMILES string of the molecule is CC(C)(C)[C@H](c1c(F)c(F)c(F)c(F)c1F)N1CCNCC1.Cl.Cl. The molecule has 1 saturated heterocycles. The highest BCUT2D eigenvalue weighted by molar-refractivity contribution is 5.85. The van der Waals surface area contributed by atoms with Gasteiger partial charge in [0.2, 0.25) is 5.82 Å². The minimum Gasteiger partial charge on any atom is -0.314 e. The molecule has 0 amide bonds. The van der Waals surface area contributed by atoms with Gasteiger partial charge in [-0.2, -0.15) is 0 Å². The molecule has 0 saturated carbocycles. The van der Waals surface area contributed by atoms with Gasteiger partial charge in [0.25, 0.3) is 0 Å². The van der Waals surface area contributed by atoms with Crippen molar-refractivity contribution < 1.29 is 22.0 Å². The van der Waals surface area contributed by atoms with Crippen LogP contribution < -0.4 is 5.32 Å². The molecule has 1 aromatic carbocycles. The fraction of sp³-hybridized carbons (Fsp3) is 0.600. The second-order valence-corrected chi connectivity index (χ2v) is 6.54. The molecule has 9 heteroatoms. The first-order valence-corrected chi connectivity index (χ1v) is 7.12. The van der Waals surface area contributed by atoms with Crippen molar-refractivity contribution in [2.24, 2.45) is 5.41 Å². The van der Waals surface area contributed by atoms with Gasteiger partial charge in [-0.25, -0.2) is 22.0 Å². The van der Waals surface area contributed by atoms with E-state index in [9.17, 15) is 22.0 Å². The Balaban J connectivity index is 0.00000264. The zero-order chi connectivity index (χ0) is 16.7. The maximum absolute atomic E-state index is 14.2. The fourth-order valence-corrected chi connectivity index (χ4v) is 2.97. The maximum Gasteiger partial charge on any atom is 0.200 e. The molecule has 1 atom stereocenters. The molecule has 1 aliphatic heterocycles. The van der Waals surface area contributed by atoms with E-state index in [4.69, 9.17) is 0 Å². The van der Waals surface area contributed by atoms with Gasteiger partial charge in [-0.3, -0.25) is 4.90 Å². The third-order valence-corrected chi connectivity index (χ3v) is 3.85. The minimum atomic E-state index is -2.12. The van der Waals surface area contributed by atoms with Crippen LogP contribution in [0.15, 0.2) is 0 Å². The van der Waals surface area contributed by atoms with Gasteiger partial charge in [-0.15, -0.1) is 24.8 Å². The van der Waals surface area contributed by atoms with Crippen molar-refractivity contribution in [2.75, 3.05) is 26.2 Å². The summed E-state index contributed by atoms with van der Waals surface area (Å²) in [5.74, 6) is -9.38. The smallest absolute Gasteiger partial charge is 0.200 e. The van der Waals surface area contributed by atoms with Crippen LogP contribution in [0.2, 0.25) is 0 Å². The Labute approximate surface area is 150 Å². The third-order valence-electron chi connectivity index (χ3n) is 3.85. The molecule has 140 valence electrons. The van der Waals surface area contributed by atoms with Crippen molar-refractivity contribution in [1.82, 2.24) is 10.2 Å². The lowest BCUT2D eigenvalue weighted by Crippen LogP contribution is -2.49. The first kappa shape index (κ1) is 23.4. The molecule has 0 bridgehead atoms. The molecule has 1 aromatic rings. The Morgan fingerprint density at radius 3 is 1.54 bits per heavy atom. The van der Waals surface area contributed by atoms with Crippen molar-refractivity contribution in [3.8, 4) is 0 Å². The number of nitrogens with zero attached hydrogens (tertiary/aromatic N) is 1. The van der Waals surface area contributed by atoms with Crippen LogP contribution in [0, 0.1) is 34.5 Å². The predicted octanol–water partition coefficient (Wildman–Crippen LogP) is 4.22. The van der Waals surface area contributed by atoms with E-state index in [1.165, 1.54) is 0 Å². The molecule has 1 heterocycles. The summed E-state index contributed by atoms with van der Waals surface area (Å²) >= 11 is 0. The van der Waals surface area contributed by atoms with Crippen LogP contribution in [0.1, 0.15) is 32.4 Å². The van der Waals surface area contributed by atoms with Crippen LogP contribution in [-0.4, -0.2) is 31.1 Å². The number of nitrogens with one attached hydrogen (secondary N) is 1. The number of rotatable bonds is 2. The van der Waals surface area contributed by atoms with Crippen molar-refractivity contribution in [2.45, 2.75) is 26.8 Å². The summed E-state index contributed by atoms with van der Waals surface area (Å²) in [7, 11) is 0. The molecular formula is C15H21Cl2F5N2. The van der Waals surface area contributed by atoms with Crippen LogP contribution in [0.25, 0.3) is 0 Å². The van der Waals surface area contributed by atoms with Crippen LogP contribution in [0.4, 0.5) is 22.0 Å². The number of piperazine rings is 1. The molecule has 2 rings (SSSR count). The molecule has 0 spiro atoms. The van der Waals surface area contributed by atoms with E-state index in [1.807, 2.05) is 0 Å². The Morgan fingerprint density at radius 1 is 0.792 bits per heavy atom. The van der Waals surface area contributed by atoms with Crippen molar-refractivity contribution in [3.63, 3.8) is 0 Å². The second-order valence-electron chi connectivity index (χ2n) is 6.54. The van der Waals surface area contributed by atoms with E-state index in [0.717, 1.165) is 0 Å². The largest absolute Gasteiger partial charge is 0.314 e. The minimum absolute atomic E-state index is 0. The van der Waals surface area contributed by atoms with Crippen LogP contribution in [-0.2, 0) is 0 Å². The zero-order valence-electron chi connectivity index (χ0n) is 13.6. The Bertz CT molecular complexity index is 543. The Morgan fingerprint density at radius 2 is 1.17 bits per heavy atom. The molecule has 0 radical (unpaired) electrons. The summed E-state index contributed by atoms with van der Waals surface area (Å²) in [6.45, 7) is 7.31. The predicted molar refractivity (Wildman–Crippen MR) is 87.4 cm³/mol. The summed E-state index contributed by atoms with van der Waals surface area (Å²) in [6, 6.07) is -0.904. The van der Waals surface area contributed by atoms with Crippen molar-refractivity contribution >= 4 is 24.8 Å². The van der Waals surface area contributed by atoms with E-state index in [2.05, 4.69) is 5.32 Å². The normalized spacial score (nSPS) is 17.0. The summed E-state index contributed by atoms with van der Waals surface area (Å²) in [6.07, 6.45) is 0. The van der Waals surface area contributed by atoms with E-state index in [-0.39, 0.29) is 24.8 Å². The van der Waals surface area contributed by atoms with Gasteiger partial charge >= 0.3 is 0 Å². The average molecular weight is 395 g/mol. The lowest BCUT2D eigenvalue weighted by atomic mass is 9.80. The molecule has 0 unspecified atom stereocenters. The van der Waals surface area contributed by atoms with E-state index in [0.29, 0.717) is 26.2 Å². The van der Waals surface area contributed by atoms with Gasteiger partial charge in [0.05, 0.1) is 0 Å². The van der Waals surface area contributed by atoms with E-state index < -0.39 is 46.1 Å². The highest BCUT2D eigenvalue weighted by atomic mass is 35.5. The highest BCUT2D eigenvalue weighted by Crippen LogP contribution is 2.41. The number of hydrogen-bond acceptors (Lipinski definition) is 2. The molecule has 1 aliphatic rings.